The van der Waals surface area contributed by atoms with E-state index in [1.807, 2.05) is 24.8 Å². The fourth-order valence-electron chi connectivity index (χ4n) is 3.53. The lowest BCUT2D eigenvalue weighted by Crippen LogP contribution is -2.41. The van der Waals surface area contributed by atoms with Crippen LogP contribution in [0, 0.1) is 17.1 Å². The quantitative estimate of drug-likeness (QED) is 0.719. The van der Waals surface area contributed by atoms with Gasteiger partial charge in [0.1, 0.15) is 24.2 Å². The van der Waals surface area contributed by atoms with Crippen LogP contribution in [0.3, 0.4) is 0 Å². The fraction of sp³-hybridized carbons (Fsp3) is 0.364. The minimum atomic E-state index is -0.761. The first-order valence-electron chi connectivity index (χ1n) is 9.83. The zero-order valence-electron chi connectivity index (χ0n) is 17.1. The first-order chi connectivity index (χ1) is 14.5. The van der Waals surface area contributed by atoms with E-state index in [9.17, 15) is 9.18 Å². The number of rotatable bonds is 8. The lowest BCUT2D eigenvalue weighted by atomic mass is 9.75. The summed E-state index contributed by atoms with van der Waals surface area (Å²) in [6, 6.07) is 7.12. The van der Waals surface area contributed by atoms with Crippen LogP contribution in [-0.2, 0) is 15.1 Å². The third-order valence-corrected chi connectivity index (χ3v) is 5.26. The number of halogens is 1. The van der Waals surface area contributed by atoms with Crippen molar-refractivity contribution in [2.75, 3.05) is 18.1 Å². The molecule has 3 rings (SSSR count). The lowest BCUT2D eigenvalue weighted by Gasteiger charge is -2.41. The van der Waals surface area contributed by atoms with Gasteiger partial charge in [-0.15, -0.1) is 0 Å². The molecule has 1 fully saturated rings. The van der Waals surface area contributed by atoms with Gasteiger partial charge in [-0.05, 0) is 51.3 Å². The minimum absolute atomic E-state index is 0.175. The maximum absolute atomic E-state index is 14.1. The normalized spacial score (nSPS) is 15.1. The maximum atomic E-state index is 14.1. The average Bonchev–Trinajstić information content (AvgIpc) is 2.73. The van der Waals surface area contributed by atoms with E-state index in [2.05, 4.69) is 15.3 Å². The molecule has 0 bridgehead atoms. The summed E-state index contributed by atoms with van der Waals surface area (Å²) in [5.74, 6) is -0.736. The minimum Gasteiger partial charge on any atom is -0.360 e. The molecule has 8 heteroatoms. The molecular formula is C22H24FN5O2. The fourth-order valence-corrected chi connectivity index (χ4v) is 3.53. The van der Waals surface area contributed by atoms with Gasteiger partial charge in [0.15, 0.2) is 0 Å². The molecule has 1 aliphatic carbocycles. The van der Waals surface area contributed by atoms with Crippen molar-refractivity contribution in [3.8, 4) is 6.07 Å². The predicted molar refractivity (Wildman–Crippen MR) is 110 cm³/mol. The Kier molecular flexibility index (Phi) is 6.75. The third-order valence-electron chi connectivity index (χ3n) is 5.26. The summed E-state index contributed by atoms with van der Waals surface area (Å²) in [6.07, 6.45) is 8.14. The first-order valence-corrected chi connectivity index (χ1v) is 9.83. The highest BCUT2D eigenvalue weighted by atomic mass is 19.1. The van der Waals surface area contributed by atoms with E-state index in [1.165, 1.54) is 12.4 Å². The standard InChI is InChI=1S/C22H24FN5O2/c1-3-28(18-5-10-26-17(11-18)12-24)16(2)13-27-21(29)15-30-22(7-4-8-22)19-6-9-25-14-20(19)23/h5-6,9-11,13-14H,3-4,7-8,15H2,1-2H3,(H,27,29)/b16-13+. The Hall–Kier alpha value is -3.31. The van der Waals surface area contributed by atoms with Gasteiger partial charge in [0.05, 0.1) is 11.8 Å². The molecule has 30 heavy (non-hydrogen) atoms. The zero-order valence-corrected chi connectivity index (χ0v) is 17.1. The summed E-state index contributed by atoms with van der Waals surface area (Å²) in [4.78, 5) is 22.0. The highest BCUT2D eigenvalue weighted by Crippen LogP contribution is 2.45. The Balaban J connectivity index is 1.62. The number of nitrogens with zero attached hydrogens (tertiary/aromatic N) is 4. The monoisotopic (exact) mass is 409 g/mol. The molecule has 0 aliphatic heterocycles. The van der Waals surface area contributed by atoms with Crippen LogP contribution in [-0.4, -0.2) is 29.0 Å². The maximum Gasteiger partial charge on any atom is 0.250 e. The smallest absolute Gasteiger partial charge is 0.250 e. The van der Waals surface area contributed by atoms with Gasteiger partial charge < -0.3 is 15.0 Å². The van der Waals surface area contributed by atoms with Crippen molar-refractivity contribution in [1.29, 1.82) is 5.26 Å². The molecule has 0 atom stereocenters. The second kappa shape index (κ2) is 9.46. The highest BCUT2D eigenvalue weighted by molar-refractivity contribution is 5.78. The predicted octanol–water partition coefficient (Wildman–Crippen LogP) is 3.39. The summed E-state index contributed by atoms with van der Waals surface area (Å²) in [6.45, 7) is 4.30. The molecular weight excluding hydrogens is 385 g/mol. The first kappa shape index (κ1) is 21.4. The van der Waals surface area contributed by atoms with E-state index >= 15 is 0 Å². The molecule has 1 saturated carbocycles. The number of nitrogens with one attached hydrogen (secondary N) is 1. The number of amides is 1. The molecule has 2 aromatic heterocycles. The van der Waals surface area contributed by atoms with E-state index in [0.717, 1.165) is 17.8 Å². The molecule has 2 heterocycles. The zero-order chi connectivity index (χ0) is 21.6. The summed E-state index contributed by atoms with van der Waals surface area (Å²) in [5.41, 5.74) is 1.62. The van der Waals surface area contributed by atoms with Gasteiger partial charge in [-0.3, -0.25) is 9.78 Å². The molecule has 0 radical (unpaired) electrons. The van der Waals surface area contributed by atoms with Gasteiger partial charge in [-0.25, -0.2) is 9.37 Å². The van der Waals surface area contributed by atoms with Gasteiger partial charge in [0, 0.05) is 42.1 Å². The number of aromatic nitrogens is 2. The lowest BCUT2D eigenvalue weighted by molar-refractivity contribution is -0.144. The molecule has 0 spiro atoms. The number of nitriles is 1. The van der Waals surface area contributed by atoms with E-state index in [0.29, 0.717) is 30.6 Å². The summed E-state index contributed by atoms with van der Waals surface area (Å²) in [5, 5.41) is 11.8. The highest BCUT2D eigenvalue weighted by Gasteiger charge is 2.42. The Bertz CT molecular complexity index is 981. The van der Waals surface area contributed by atoms with Crippen molar-refractivity contribution in [1.82, 2.24) is 15.3 Å². The number of anilines is 1. The van der Waals surface area contributed by atoms with Crippen LogP contribution in [0.1, 0.15) is 44.4 Å². The van der Waals surface area contributed by atoms with Gasteiger partial charge in [-0.2, -0.15) is 5.26 Å². The number of hydrogen-bond donors (Lipinski definition) is 1. The summed E-state index contributed by atoms with van der Waals surface area (Å²) in [7, 11) is 0. The number of ether oxygens (including phenoxy) is 1. The van der Waals surface area contributed by atoms with Crippen molar-refractivity contribution >= 4 is 11.6 Å². The summed E-state index contributed by atoms with van der Waals surface area (Å²) < 4.78 is 20.0. The van der Waals surface area contributed by atoms with Crippen LogP contribution < -0.4 is 10.2 Å². The molecule has 0 unspecified atom stereocenters. The second-order valence-electron chi connectivity index (χ2n) is 7.10. The molecule has 7 nitrogen and oxygen atoms in total. The van der Waals surface area contributed by atoms with Crippen molar-refractivity contribution in [2.45, 2.75) is 38.7 Å². The van der Waals surface area contributed by atoms with Crippen LogP contribution in [0.2, 0.25) is 0 Å². The van der Waals surface area contributed by atoms with Crippen molar-refractivity contribution < 1.29 is 13.9 Å². The van der Waals surface area contributed by atoms with E-state index in [1.54, 1.807) is 30.6 Å². The number of pyridine rings is 2. The van der Waals surface area contributed by atoms with Crippen LogP contribution in [0.4, 0.5) is 10.1 Å². The Morgan fingerprint density at radius 2 is 2.23 bits per heavy atom. The second-order valence-corrected chi connectivity index (χ2v) is 7.10. The SMILES string of the molecule is CCN(/C(C)=C/NC(=O)COC1(c2ccncc2F)CCC1)c1ccnc(C#N)c1. The number of carbonyl (C=O) groups is 1. The average molecular weight is 409 g/mol. The molecule has 2 aromatic rings. The van der Waals surface area contributed by atoms with Crippen LogP contribution in [0.5, 0.6) is 0 Å². The molecule has 1 amide bonds. The molecule has 156 valence electrons. The topological polar surface area (TPSA) is 91.1 Å². The number of allylic oxidation sites excluding steroid dienone is 1. The van der Waals surface area contributed by atoms with Gasteiger partial charge in [0.2, 0.25) is 5.91 Å². The molecule has 0 saturated heterocycles. The Morgan fingerprint density at radius 3 is 2.87 bits per heavy atom. The molecule has 1 N–H and O–H groups in total. The van der Waals surface area contributed by atoms with Gasteiger partial charge in [-0.1, -0.05) is 0 Å². The van der Waals surface area contributed by atoms with Crippen molar-refractivity contribution in [3.63, 3.8) is 0 Å². The Morgan fingerprint density at radius 1 is 1.43 bits per heavy atom. The third kappa shape index (κ3) is 4.63. The summed E-state index contributed by atoms with van der Waals surface area (Å²) >= 11 is 0. The number of carbonyl (C=O) groups excluding carboxylic acids is 1. The Labute approximate surface area is 175 Å². The van der Waals surface area contributed by atoms with E-state index in [4.69, 9.17) is 10.00 Å². The van der Waals surface area contributed by atoms with E-state index < -0.39 is 11.4 Å². The number of hydrogen-bond acceptors (Lipinski definition) is 6. The van der Waals surface area contributed by atoms with Gasteiger partial charge >= 0.3 is 0 Å². The molecule has 0 aromatic carbocycles. The van der Waals surface area contributed by atoms with Crippen molar-refractivity contribution in [3.05, 3.63) is 65.8 Å². The van der Waals surface area contributed by atoms with Gasteiger partial charge in [0.25, 0.3) is 0 Å². The molecule has 1 aliphatic rings. The van der Waals surface area contributed by atoms with Crippen LogP contribution in [0.15, 0.2) is 48.7 Å². The van der Waals surface area contributed by atoms with Crippen LogP contribution in [0.25, 0.3) is 0 Å². The van der Waals surface area contributed by atoms with Crippen LogP contribution >= 0.6 is 0 Å². The van der Waals surface area contributed by atoms with Crippen molar-refractivity contribution in [2.24, 2.45) is 0 Å². The van der Waals surface area contributed by atoms with E-state index in [-0.39, 0.29) is 12.5 Å². The largest absolute Gasteiger partial charge is 0.360 e.